The predicted molar refractivity (Wildman–Crippen MR) is 78.9 cm³/mol. The van der Waals surface area contributed by atoms with Gasteiger partial charge in [0.25, 0.3) is 0 Å². The molecule has 4 heteroatoms. The van der Waals surface area contributed by atoms with Crippen LogP contribution in [0.1, 0.15) is 29.5 Å². The van der Waals surface area contributed by atoms with Crippen molar-refractivity contribution in [2.45, 2.75) is 25.8 Å². The van der Waals surface area contributed by atoms with E-state index in [1.807, 2.05) is 43.3 Å². The number of rotatable bonds is 5. The molecular formula is C15H20ClNO2. The summed E-state index contributed by atoms with van der Waals surface area (Å²) in [5.74, 6) is 2.80. The zero-order valence-corrected chi connectivity index (χ0v) is 12.1. The monoisotopic (exact) mass is 281 g/mol. The molecule has 0 bridgehead atoms. The Morgan fingerprint density at radius 3 is 2.37 bits per heavy atom. The zero-order chi connectivity index (χ0) is 13.0. The van der Waals surface area contributed by atoms with E-state index in [1.54, 1.807) is 7.11 Å². The fourth-order valence-corrected chi connectivity index (χ4v) is 1.94. The number of aryl methyl sites for hydroxylation is 2. The van der Waals surface area contributed by atoms with Crippen LogP contribution in [-0.2, 0) is 6.42 Å². The van der Waals surface area contributed by atoms with E-state index < -0.39 is 0 Å². The maximum atomic E-state index is 6.16. The summed E-state index contributed by atoms with van der Waals surface area (Å²) in [4.78, 5) is 0. The highest BCUT2D eigenvalue weighted by Crippen LogP contribution is 2.20. The van der Waals surface area contributed by atoms with Gasteiger partial charge in [-0.25, -0.2) is 0 Å². The number of furan rings is 1. The van der Waals surface area contributed by atoms with Crippen molar-refractivity contribution in [1.29, 1.82) is 0 Å². The minimum Gasteiger partial charge on any atom is -0.497 e. The molecule has 19 heavy (non-hydrogen) atoms. The highest BCUT2D eigenvalue weighted by Gasteiger charge is 2.08. The number of ether oxygens (including phenoxy) is 1. The molecule has 1 heterocycles. The van der Waals surface area contributed by atoms with Gasteiger partial charge >= 0.3 is 0 Å². The molecule has 0 aliphatic heterocycles. The minimum atomic E-state index is 0. The van der Waals surface area contributed by atoms with Crippen LogP contribution in [0.2, 0.25) is 0 Å². The fraction of sp³-hybridized carbons (Fsp3) is 0.333. The Kier molecular flexibility index (Phi) is 5.93. The Labute approximate surface area is 120 Å². The lowest BCUT2D eigenvalue weighted by Gasteiger charge is -2.11. The van der Waals surface area contributed by atoms with E-state index in [0.29, 0.717) is 0 Å². The zero-order valence-electron chi connectivity index (χ0n) is 11.3. The normalized spacial score (nSPS) is 11.7. The van der Waals surface area contributed by atoms with Gasteiger partial charge in [0.1, 0.15) is 17.3 Å². The molecule has 1 aromatic carbocycles. The maximum absolute atomic E-state index is 6.16. The molecule has 1 unspecified atom stereocenters. The first kappa shape index (κ1) is 15.6. The second-order valence-electron chi connectivity index (χ2n) is 4.43. The molecule has 1 aromatic heterocycles. The smallest absolute Gasteiger partial charge is 0.118 e. The van der Waals surface area contributed by atoms with Crippen LogP contribution in [0.4, 0.5) is 0 Å². The van der Waals surface area contributed by atoms with Crippen molar-refractivity contribution in [3.8, 4) is 5.75 Å². The molecule has 0 aliphatic rings. The topological polar surface area (TPSA) is 48.4 Å². The lowest BCUT2D eigenvalue weighted by molar-refractivity contribution is 0.414. The van der Waals surface area contributed by atoms with Gasteiger partial charge in [0, 0.05) is 12.5 Å². The van der Waals surface area contributed by atoms with Gasteiger partial charge in [-0.15, -0.1) is 12.4 Å². The first-order valence-electron chi connectivity index (χ1n) is 6.14. The highest BCUT2D eigenvalue weighted by atomic mass is 35.5. The Hall–Kier alpha value is -1.45. The van der Waals surface area contributed by atoms with Crippen LogP contribution in [-0.4, -0.2) is 7.11 Å². The Morgan fingerprint density at radius 2 is 1.84 bits per heavy atom. The third-order valence-corrected chi connectivity index (χ3v) is 3.04. The van der Waals surface area contributed by atoms with Crippen LogP contribution in [0.3, 0.4) is 0 Å². The first-order valence-corrected chi connectivity index (χ1v) is 6.14. The number of methoxy groups -OCH3 is 1. The summed E-state index contributed by atoms with van der Waals surface area (Å²) in [6.07, 6.45) is 1.74. The van der Waals surface area contributed by atoms with Crippen LogP contribution in [0.5, 0.6) is 5.75 Å². The molecule has 0 aliphatic carbocycles. The summed E-state index contributed by atoms with van der Waals surface area (Å²) in [5, 5.41) is 0. The lowest BCUT2D eigenvalue weighted by atomic mass is 10.0. The minimum absolute atomic E-state index is 0. The van der Waals surface area contributed by atoms with Gasteiger partial charge in [-0.05, 0) is 43.2 Å². The van der Waals surface area contributed by atoms with Crippen LogP contribution < -0.4 is 10.5 Å². The average molecular weight is 282 g/mol. The van der Waals surface area contributed by atoms with Gasteiger partial charge in [0.2, 0.25) is 0 Å². The molecule has 0 fully saturated rings. The lowest BCUT2D eigenvalue weighted by Crippen LogP contribution is -2.11. The van der Waals surface area contributed by atoms with E-state index in [2.05, 4.69) is 0 Å². The number of benzene rings is 1. The summed E-state index contributed by atoms with van der Waals surface area (Å²) in [5.41, 5.74) is 7.28. The Bertz CT molecular complexity index is 493. The summed E-state index contributed by atoms with van der Waals surface area (Å²) < 4.78 is 10.7. The fourth-order valence-electron chi connectivity index (χ4n) is 1.94. The Balaban J connectivity index is 0.00000180. The van der Waals surface area contributed by atoms with E-state index in [9.17, 15) is 0 Å². The van der Waals surface area contributed by atoms with Gasteiger partial charge in [0.05, 0.1) is 7.11 Å². The quantitative estimate of drug-likeness (QED) is 0.910. The van der Waals surface area contributed by atoms with Crippen molar-refractivity contribution in [2.75, 3.05) is 7.11 Å². The maximum Gasteiger partial charge on any atom is 0.118 e. The second-order valence-corrected chi connectivity index (χ2v) is 4.43. The first-order chi connectivity index (χ1) is 8.69. The van der Waals surface area contributed by atoms with Crippen molar-refractivity contribution >= 4 is 12.4 Å². The summed E-state index contributed by atoms with van der Waals surface area (Å²) in [6.45, 7) is 1.95. The number of nitrogens with two attached hydrogens (primary N) is 1. The van der Waals surface area contributed by atoms with E-state index in [-0.39, 0.29) is 18.4 Å². The van der Waals surface area contributed by atoms with E-state index in [1.165, 1.54) is 0 Å². The van der Waals surface area contributed by atoms with Crippen molar-refractivity contribution in [1.82, 2.24) is 0 Å². The molecule has 0 spiro atoms. The van der Waals surface area contributed by atoms with Crippen molar-refractivity contribution in [2.24, 2.45) is 5.73 Å². The van der Waals surface area contributed by atoms with E-state index in [0.717, 1.165) is 35.7 Å². The van der Waals surface area contributed by atoms with Crippen LogP contribution in [0.25, 0.3) is 0 Å². The SMILES string of the molecule is COc1ccc(C(N)CCc2ccc(C)o2)cc1.Cl. The second kappa shape index (κ2) is 7.22. The van der Waals surface area contributed by atoms with Crippen LogP contribution in [0, 0.1) is 6.92 Å². The molecule has 104 valence electrons. The van der Waals surface area contributed by atoms with E-state index >= 15 is 0 Å². The summed E-state index contributed by atoms with van der Waals surface area (Å²) >= 11 is 0. The molecule has 2 aromatic rings. The molecule has 0 amide bonds. The van der Waals surface area contributed by atoms with Gasteiger partial charge in [-0.2, -0.15) is 0 Å². The van der Waals surface area contributed by atoms with Crippen molar-refractivity contribution in [3.63, 3.8) is 0 Å². The molecule has 3 nitrogen and oxygen atoms in total. The van der Waals surface area contributed by atoms with Crippen LogP contribution >= 0.6 is 12.4 Å². The molecule has 0 saturated heterocycles. The number of hydrogen-bond donors (Lipinski definition) is 1. The van der Waals surface area contributed by atoms with E-state index in [4.69, 9.17) is 14.9 Å². The van der Waals surface area contributed by atoms with Crippen LogP contribution in [0.15, 0.2) is 40.8 Å². The predicted octanol–water partition coefficient (Wildman–Crippen LogP) is 3.65. The number of hydrogen-bond acceptors (Lipinski definition) is 3. The molecule has 0 saturated carbocycles. The van der Waals surface area contributed by atoms with Crippen molar-refractivity contribution < 1.29 is 9.15 Å². The third kappa shape index (κ3) is 4.30. The Morgan fingerprint density at radius 1 is 1.16 bits per heavy atom. The van der Waals surface area contributed by atoms with Gasteiger partial charge in [-0.3, -0.25) is 0 Å². The van der Waals surface area contributed by atoms with Gasteiger partial charge in [0.15, 0.2) is 0 Å². The average Bonchev–Trinajstić information content (AvgIpc) is 2.82. The third-order valence-electron chi connectivity index (χ3n) is 3.04. The summed E-state index contributed by atoms with van der Waals surface area (Å²) in [6, 6.07) is 11.9. The molecule has 2 N–H and O–H groups in total. The van der Waals surface area contributed by atoms with Crippen molar-refractivity contribution in [3.05, 3.63) is 53.5 Å². The molecule has 2 rings (SSSR count). The standard InChI is InChI=1S/C15H19NO2.ClH/c1-11-3-6-14(18-11)9-10-15(16)12-4-7-13(17-2)8-5-12;/h3-8,15H,9-10,16H2,1-2H3;1H. The highest BCUT2D eigenvalue weighted by molar-refractivity contribution is 5.85. The van der Waals surface area contributed by atoms with Gasteiger partial charge in [-0.1, -0.05) is 12.1 Å². The molecular weight excluding hydrogens is 262 g/mol. The molecule has 1 atom stereocenters. The number of halogens is 1. The van der Waals surface area contributed by atoms with Gasteiger partial charge < -0.3 is 14.9 Å². The summed E-state index contributed by atoms with van der Waals surface area (Å²) in [7, 11) is 1.66. The molecule has 0 radical (unpaired) electrons. The largest absolute Gasteiger partial charge is 0.497 e.